The zero-order chi connectivity index (χ0) is 13.4. The first-order chi connectivity index (χ1) is 9.22. The van der Waals surface area contributed by atoms with E-state index in [-0.39, 0.29) is 12.8 Å². The fraction of sp³-hybridized carbons (Fsp3) is 0.545. The van der Waals surface area contributed by atoms with Crippen LogP contribution in [0.25, 0.3) is 11.2 Å². The number of nitrogens with zero attached hydrogens (tertiary/aromatic N) is 4. The van der Waals surface area contributed by atoms with E-state index in [4.69, 9.17) is 9.84 Å². The lowest BCUT2D eigenvalue weighted by Gasteiger charge is -2.13. The summed E-state index contributed by atoms with van der Waals surface area (Å²) in [5.41, 5.74) is 1.36. The topological polar surface area (TPSA) is 93.3 Å². The monoisotopic (exact) mass is 282 g/mol. The first kappa shape index (κ1) is 12.8. The molecule has 1 saturated heterocycles. The van der Waals surface area contributed by atoms with Gasteiger partial charge in [-0.1, -0.05) is 11.8 Å². The molecule has 1 aliphatic heterocycles. The van der Waals surface area contributed by atoms with Gasteiger partial charge in [0.15, 0.2) is 10.8 Å². The highest BCUT2D eigenvalue weighted by Gasteiger charge is 2.35. The molecule has 0 aliphatic carbocycles. The minimum atomic E-state index is -0.672. The molecule has 0 spiro atoms. The molecule has 2 N–H and O–H groups in total. The third-order valence-electron chi connectivity index (χ3n) is 3.17. The van der Waals surface area contributed by atoms with Gasteiger partial charge in [-0.2, -0.15) is 0 Å². The van der Waals surface area contributed by atoms with E-state index >= 15 is 0 Å². The van der Waals surface area contributed by atoms with Crippen molar-refractivity contribution in [1.82, 2.24) is 19.5 Å². The van der Waals surface area contributed by atoms with Crippen LogP contribution in [-0.4, -0.2) is 54.8 Å². The van der Waals surface area contributed by atoms with Gasteiger partial charge in [-0.15, -0.1) is 0 Å². The first-order valence-corrected chi connectivity index (χ1v) is 7.13. The van der Waals surface area contributed by atoms with Crippen molar-refractivity contribution in [1.29, 1.82) is 0 Å². The second kappa shape index (κ2) is 5.04. The quantitative estimate of drug-likeness (QED) is 0.613. The van der Waals surface area contributed by atoms with Gasteiger partial charge in [0.05, 0.1) is 25.2 Å². The van der Waals surface area contributed by atoms with Crippen LogP contribution in [0, 0.1) is 0 Å². The molecule has 2 aromatic heterocycles. The Hall–Kier alpha value is -1.22. The number of aromatic nitrogens is 4. The Labute approximate surface area is 113 Å². The molecular formula is C11H14N4O3S. The van der Waals surface area contributed by atoms with E-state index in [0.29, 0.717) is 22.7 Å². The number of aliphatic hydroxyl groups is 2. The molecule has 19 heavy (non-hydrogen) atoms. The highest BCUT2D eigenvalue weighted by molar-refractivity contribution is 7.98. The lowest BCUT2D eigenvalue weighted by Crippen LogP contribution is -2.24. The molecule has 8 heteroatoms. The number of thioether (sulfide) groups is 1. The van der Waals surface area contributed by atoms with Crippen LogP contribution in [0.15, 0.2) is 17.7 Å². The fourth-order valence-electron chi connectivity index (χ4n) is 2.17. The summed E-state index contributed by atoms with van der Waals surface area (Å²) < 4.78 is 7.38. The number of rotatable bonds is 3. The van der Waals surface area contributed by atoms with Crippen LogP contribution in [0.5, 0.6) is 0 Å². The van der Waals surface area contributed by atoms with E-state index in [2.05, 4.69) is 15.0 Å². The Morgan fingerprint density at radius 2 is 2.37 bits per heavy atom. The van der Waals surface area contributed by atoms with Crippen molar-refractivity contribution in [2.45, 2.75) is 30.0 Å². The lowest BCUT2D eigenvalue weighted by atomic mass is 10.2. The van der Waals surface area contributed by atoms with Crippen molar-refractivity contribution < 1.29 is 14.9 Å². The second-order valence-corrected chi connectivity index (χ2v) is 5.11. The summed E-state index contributed by atoms with van der Waals surface area (Å²) in [6.45, 7) is -0.199. The Morgan fingerprint density at radius 3 is 3.05 bits per heavy atom. The Balaban J connectivity index is 1.97. The molecule has 3 rings (SSSR count). The largest absolute Gasteiger partial charge is 0.394 e. The van der Waals surface area contributed by atoms with Gasteiger partial charge < -0.3 is 14.9 Å². The summed E-state index contributed by atoms with van der Waals surface area (Å²) in [6, 6.07) is 0. The minimum absolute atomic E-state index is 0.199. The Kier molecular flexibility index (Phi) is 3.40. The van der Waals surface area contributed by atoms with E-state index in [0.717, 1.165) is 0 Å². The van der Waals surface area contributed by atoms with Crippen molar-refractivity contribution in [3.05, 3.63) is 12.5 Å². The maximum atomic E-state index is 9.78. The van der Waals surface area contributed by atoms with Crippen LogP contribution in [0.1, 0.15) is 12.6 Å². The summed E-state index contributed by atoms with van der Waals surface area (Å²) in [6.07, 6.45) is 4.02. The highest BCUT2D eigenvalue weighted by atomic mass is 32.2. The van der Waals surface area contributed by atoms with Gasteiger partial charge in [-0.3, -0.25) is 4.57 Å². The zero-order valence-corrected chi connectivity index (χ0v) is 11.1. The third kappa shape index (κ3) is 2.20. The molecule has 0 bridgehead atoms. The van der Waals surface area contributed by atoms with Crippen LogP contribution in [0.2, 0.25) is 0 Å². The van der Waals surface area contributed by atoms with Gasteiger partial charge >= 0.3 is 0 Å². The van der Waals surface area contributed by atoms with Crippen LogP contribution < -0.4 is 0 Å². The van der Waals surface area contributed by atoms with Gasteiger partial charge in [0.1, 0.15) is 17.8 Å². The number of hydrogen-bond donors (Lipinski definition) is 2. The molecule has 0 unspecified atom stereocenters. The van der Waals surface area contributed by atoms with E-state index in [1.807, 2.05) is 6.26 Å². The Bertz CT molecular complexity index is 590. The standard InChI is InChI=1S/C11H14N4O3S/c1-19-11-12-3-6-10(14-11)15(5-13-6)9-2-7(17)8(4-16)18-9/h3,5,7-9,16-17H,2,4H2,1H3/t7-,8+,9-/m1/s1. The molecule has 0 radical (unpaired) electrons. The molecule has 3 heterocycles. The summed E-state index contributed by atoms with van der Waals surface area (Å²) in [5, 5.41) is 19.5. The highest BCUT2D eigenvalue weighted by Crippen LogP contribution is 2.30. The number of aliphatic hydroxyl groups excluding tert-OH is 2. The van der Waals surface area contributed by atoms with Crippen LogP contribution in [0.3, 0.4) is 0 Å². The SMILES string of the molecule is CSc1ncc2ncn([C@H]3C[C@@H](O)[C@H](CO)O3)c2n1. The predicted octanol–water partition coefficient (Wildman–Crippen LogP) is 0.189. The second-order valence-electron chi connectivity index (χ2n) is 4.33. The van der Waals surface area contributed by atoms with Gasteiger partial charge in [-0.05, 0) is 6.26 Å². The van der Waals surface area contributed by atoms with Crippen molar-refractivity contribution in [2.75, 3.05) is 12.9 Å². The molecule has 3 atom stereocenters. The first-order valence-electron chi connectivity index (χ1n) is 5.91. The third-order valence-corrected chi connectivity index (χ3v) is 3.73. The molecule has 7 nitrogen and oxygen atoms in total. The van der Waals surface area contributed by atoms with Gasteiger partial charge in [-0.25, -0.2) is 15.0 Å². The normalized spacial score (nSPS) is 27.2. The number of fused-ring (bicyclic) bond motifs is 1. The summed E-state index contributed by atoms with van der Waals surface area (Å²) in [5.74, 6) is 0. The van der Waals surface area contributed by atoms with Crippen molar-refractivity contribution in [2.24, 2.45) is 0 Å². The Morgan fingerprint density at radius 1 is 1.53 bits per heavy atom. The number of hydrogen-bond acceptors (Lipinski definition) is 7. The lowest BCUT2D eigenvalue weighted by molar-refractivity contribution is -0.0432. The minimum Gasteiger partial charge on any atom is -0.394 e. The predicted molar refractivity (Wildman–Crippen MR) is 68.7 cm³/mol. The average molecular weight is 282 g/mol. The van der Waals surface area contributed by atoms with E-state index in [9.17, 15) is 5.11 Å². The summed E-state index contributed by atoms with van der Waals surface area (Å²) in [7, 11) is 0. The molecule has 2 aromatic rings. The molecule has 102 valence electrons. The maximum Gasteiger partial charge on any atom is 0.189 e. The molecule has 0 aromatic carbocycles. The van der Waals surface area contributed by atoms with Crippen molar-refractivity contribution in [3.63, 3.8) is 0 Å². The molecule has 0 amide bonds. The maximum absolute atomic E-state index is 9.78. The van der Waals surface area contributed by atoms with E-state index < -0.39 is 12.2 Å². The van der Waals surface area contributed by atoms with Gasteiger partial charge in [0, 0.05) is 6.42 Å². The zero-order valence-electron chi connectivity index (χ0n) is 10.3. The average Bonchev–Trinajstić information content (AvgIpc) is 3.00. The molecular weight excluding hydrogens is 268 g/mol. The van der Waals surface area contributed by atoms with E-state index in [1.54, 1.807) is 17.1 Å². The van der Waals surface area contributed by atoms with Crippen LogP contribution >= 0.6 is 11.8 Å². The van der Waals surface area contributed by atoms with Crippen LogP contribution in [0.4, 0.5) is 0 Å². The molecule has 1 aliphatic rings. The fourth-order valence-corrected chi connectivity index (χ4v) is 2.51. The summed E-state index contributed by atoms with van der Waals surface area (Å²) in [4.78, 5) is 12.8. The number of ether oxygens (including phenoxy) is 1. The number of imidazole rings is 1. The summed E-state index contributed by atoms with van der Waals surface area (Å²) >= 11 is 1.45. The van der Waals surface area contributed by atoms with Crippen molar-refractivity contribution >= 4 is 22.9 Å². The van der Waals surface area contributed by atoms with E-state index in [1.165, 1.54) is 11.8 Å². The van der Waals surface area contributed by atoms with Gasteiger partial charge in [0.2, 0.25) is 0 Å². The smallest absolute Gasteiger partial charge is 0.189 e. The molecule has 0 saturated carbocycles. The molecule has 1 fully saturated rings. The van der Waals surface area contributed by atoms with Crippen LogP contribution in [-0.2, 0) is 4.74 Å². The van der Waals surface area contributed by atoms with Gasteiger partial charge in [0.25, 0.3) is 0 Å². The van der Waals surface area contributed by atoms with Crippen molar-refractivity contribution in [3.8, 4) is 0 Å².